The van der Waals surface area contributed by atoms with Crippen molar-refractivity contribution >= 4 is 17.7 Å². The van der Waals surface area contributed by atoms with Crippen LogP contribution in [0.15, 0.2) is 42.5 Å². The standard InChI is InChI=1S/C20H25NO3S/c1-14-6-5-7-16(10-14)12-25-13-20(22)21-15(2)18-11-17(23-3)8-9-19(18)24-4/h5-11,15H,12-13H2,1-4H3,(H,21,22)/t15-/m0/s1. The number of aryl methyl sites for hydroxylation is 1. The summed E-state index contributed by atoms with van der Waals surface area (Å²) in [5, 5.41) is 3.02. The number of methoxy groups -OCH3 is 2. The van der Waals surface area contributed by atoms with Crippen LogP contribution < -0.4 is 14.8 Å². The molecule has 0 fully saturated rings. The molecule has 0 aliphatic rings. The van der Waals surface area contributed by atoms with Crippen molar-refractivity contribution in [1.29, 1.82) is 0 Å². The zero-order chi connectivity index (χ0) is 18.2. The molecule has 2 rings (SSSR count). The highest BCUT2D eigenvalue weighted by atomic mass is 32.2. The molecule has 0 bridgehead atoms. The van der Waals surface area contributed by atoms with E-state index >= 15 is 0 Å². The lowest BCUT2D eigenvalue weighted by molar-refractivity contribution is -0.119. The Hall–Kier alpha value is -2.14. The van der Waals surface area contributed by atoms with Crippen LogP contribution in [0, 0.1) is 6.92 Å². The number of nitrogens with one attached hydrogen (secondary N) is 1. The van der Waals surface area contributed by atoms with Gasteiger partial charge in [-0.3, -0.25) is 4.79 Å². The quantitative estimate of drug-likeness (QED) is 0.770. The SMILES string of the molecule is COc1ccc(OC)c([C@H](C)NC(=O)CSCc2cccc(C)c2)c1. The molecule has 0 unspecified atom stereocenters. The Morgan fingerprint density at radius 2 is 1.96 bits per heavy atom. The van der Waals surface area contributed by atoms with Gasteiger partial charge in [-0.15, -0.1) is 11.8 Å². The zero-order valence-electron chi connectivity index (χ0n) is 15.2. The Balaban J connectivity index is 1.89. The van der Waals surface area contributed by atoms with E-state index in [0.717, 1.165) is 22.8 Å². The number of benzene rings is 2. The maximum atomic E-state index is 12.2. The number of thioether (sulfide) groups is 1. The Morgan fingerprint density at radius 3 is 2.64 bits per heavy atom. The van der Waals surface area contributed by atoms with Crippen molar-refractivity contribution in [2.75, 3.05) is 20.0 Å². The second kappa shape index (κ2) is 9.37. The van der Waals surface area contributed by atoms with E-state index in [1.165, 1.54) is 11.1 Å². The molecule has 1 atom stereocenters. The number of rotatable bonds is 8. The van der Waals surface area contributed by atoms with Crippen molar-refractivity contribution in [2.45, 2.75) is 25.6 Å². The Bertz CT molecular complexity index is 718. The normalized spacial score (nSPS) is 11.7. The maximum Gasteiger partial charge on any atom is 0.230 e. The van der Waals surface area contributed by atoms with E-state index in [1.807, 2.05) is 31.2 Å². The van der Waals surface area contributed by atoms with Crippen LogP contribution in [0.3, 0.4) is 0 Å². The average molecular weight is 359 g/mol. The Kier molecular flexibility index (Phi) is 7.19. The zero-order valence-corrected chi connectivity index (χ0v) is 16.0. The summed E-state index contributed by atoms with van der Waals surface area (Å²) in [5.74, 6) is 2.73. The molecule has 2 aromatic rings. The predicted molar refractivity (Wildman–Crippen MR) is 103 cm³/mol. The van der Waals surface area contributed by atoms with Crippen molar-refractivity contribution in [3.05, 3.63) is 59.2 Å². The topological polar surface area (TPSA) is 47.6 Å². The van der Waals surface area contributed by atoms with E-state index < -0.39 is 0 Å². The maximum absolute atomic E-state index is 12.2. The van der Waals surface area contributed by atoms with Crippen LogP contribution in [-0.2, 0) is 10.5 Å². The van der Waals surface area contributed by atoms with Crippen molar-refractivity contribution in [3.8, 4) is 11.5 Å². The highest BCUT2D eigenvalue weighted by Gasteiger charge is 2.15. The Morgan fingerprint density at radius 1 is 1.16 bits per heavy atom. The number of hydrogen-bond donors (Lipinski definition) is 1. The first-order valence-corrected chi connectivity index (χ1v) is 9.33. The van der Waals surface area contributed by atoms with Crippen molar-refractivity contribution in [2.24, 2.45) is 0 Å². The highest BCUT2D eigenvalue weighted by Crippen LogP contribution is 2.29. The van der Waals surface area contributed by atoms with E-state index in [2.05, 4.69) is 30.4 Å². The van der Waals surface area contributed by atoms with Crippen molar-refractivity contribution < 1.29 is 14.3 Å². The fourth-order valence-corrected chi connectivity index (χ4v) is 3.39. The predicted octanol–water partition coefficient (Wildman–Crippen LogP) is 4.12. The van der Waals surface area contributed by atoms with Gasteiger partial charge in [-0.25, -0.2) is 0 Å². The molecule has 2 aromatic carbocycles. The van der Waals surface area contributed by atoms with Gasteiger partial charge >= 0.3 is 0 Å². The van der Waals surface area contributed by atoms with E-state index in [-0.39, 0.29) is 11.9 Å². The third kappa shape index (κ3) is 5.71. The molecule has 0 spiro atoms. The minimum atomic E-state index is -0.155. The van der Waals surface area contributed by atoms with Gasteiger partial charge in [0.15, 0.2) is 0 Å². The van der Waals surface area contributed by atoms with Gasteiger partial charge in [0.05, 0.1) is 26.0 Å². The van der Waals surface area contributed by atoms with Gasteiger partial charge in [0, 0.05) is 11.3 Å². The van der Waals surface area contributed by atoms with Gasteiger partial charge < -0.3 is 14.8 Å². The van der Waals surface area contributed by atoms with Gasteiger partial charge in [-0.05, 0) is 37.6 Å². The molecule has 0 aliphatic carbocycles. The van der Waals surface area contributed by atoms with Crippen LogP contribution in [0.2, 0.25) is 0 Å². The summed E-state index contributed by atoms with van der Waals surface area (Å²) >= 11 is 1.61. The van der Waals surface area contributed by atoms with E-state index in [0.29, 0.717) is 5.75 Å². The Labute approximate surface area is 153 Å². The minimum Gasteiger partial charge on any atom is -0.497 e. The molecule has 134 valence electrons. The first-order chi connectivity index (χ1) is 12.0. The van der Waals surface area contributed by atoms with Crippen LogP contribution in [0.4, 0.5) is 0 Å². The van der Waals surface area contributed by atoms with Gasteiger partial charge in [0.1, 0.15) is 11.5 Å². The number of amides is 1. The van der Waals surface area contributed by atoms with Crippen molar-refractivity contribution in [3.63, 3.8) is 0 Å². The van der Waals surface area contributed by atoms with Crippen molar-refractivity contribution in [1.82, 2.24) is 5.32 Å². The molecule has 0 saturated carbocycles. The van der Waals surface area contributed by atoms with Crippen LogP contribution in [0.25, 0.3) is 0 Å². The van der Waals surface area contributed by atoms with Crippen LogP contribution in [0.5, 0.6) is 11.5 Å². The summed E-state index contributed by atoms with van der Waals surface area (Å²) in [6.07, 6.45) is 0. The first-order valence-electron chi connectivity index (χ1n) is 8.18. The molecule has 0 heterocycles. The molecule has 0 radical (unpaired) electrons. The number of carbonyl (C=O) groups is 1. The van der Waals surface area contributed by atoms with Crippen LogP contribution in [0.1, 0.15) is 29.7 Å². The molecule has 4 nitrogen and oxygen atoms in total. The molecule has 25 heavy (non-hydrogen) atoms. The fraction of sp³-hybridized carbons (Fsp3) is 0.350. The summed E-state index contributed by atoms with van der Waals surface area (Å²) in [6.45, 7) is 4.02. The van der Waals surface area contributed by atoms with Gasteiger partial charge in [0.25, 0.3) is 0 Å². The molecule has 0 aliphatic heterocycles. The van der Waals surface area contributed by atoms with E-state index in [4.69, 9.17) is 9.47 Å². The molecule has 1 amide bonds. The lowest BCUT2D eigenvalue weighted by atomic mass is 10.1. The monoisotopic (exact) mass is 359 g/mol. The lowest BCUT2D eigenvalue weighted by Gasteiger charge is -2.18. The minimum absolute atomic E-state index is 0.00928. The third-order valence-electron chi connectivity index (χ3n) is 3.87. The summed E-state index contributed by atoms with van der Waals surface area (Å²) in [5.41, 5.74) is 3.38. The number of hydrogen-bond acceptors (Lipinski definition) is 4. The second-order valence-corrected chi connectivity index (χ2v) is 6.86. The third-order valence-corrected chi connectivity index (χ3v) is 4.87. The molecule has 0 aromatic heterocycles. The molecular weight excluding hydrogens is 334 g/mol. The largest absolute Gasteiger partial charge is 0.497 e. The summed E-state index contributed by atoms with van der Waals surface area (Å²) < 4.78 is 10.6. The number of carbonyl (C=O) groups excluding carboxylic acids is 1. The molecule has 1 N–H and O–H groups in total. The van der Waals surface area contributed by atoms with Gasteiger partial charge in [0.2, 0.25) is 5.91 Å². The van der Waals surface area contributed by atoms with Gasteiger partial charge in [-0.2, -0.15) is 0 Å². The summed E-state index contributed by atoms with van der Waals surface area (Å²) in [7, 11) is 3.24. The van der Waals surface area contributed by atoms with E-state index in [1.54, 1.807) is 26.0 Å². The highest BCUT2D eigenvalue weighted by molar-refractivity contribution is 7.99. The number of ether oxygens (including phenoxy) is 2. The first kappa shape index (κ1) is 19.2. The molecule has 0 saturated heterocycles. The lowest BCUT2D eigenvalue weighted by Crippen LogP contribution is -2.28. The van der Waals surface area contributed by atoms with Crippen LogP contribution >= 0.6 is 11.8 Å². The average Bonchev–Trinajstić information content (AvgIpc) is 2.61. The summed E-state index contributed by atoms with van der Waals surface area (Å²) in [6, 6.07) is 13.8. The van der Waals surface area contributed by atoms with E-state index in [9.17, 15) is 4.79 Å². The molecular formula is C20H25NO3S. The smallest absolute Gasteiger partial charge is 0.230 e. The summed E-state index contributed by atoms with van der Waals surface area (Å²) in [4.78, 5) is 12.2. The fourth-order valence-electron chi connectivity index (χ4n) is 2.60. The second-order valence-electron chi connectivity index (χ2n) is 5.88. The molecule has 5 heteroatoms. The van der Waals surface area contributed by atoms with Gasteiger partial charge in [-0.1, -0.05) is 29.8 Å². The van der Waals surface area contributed by atoms with Crippen LogP contribution in [-0.4, -0.2) is 25.9 Å².